The molecule has 0 spiro atoms. The van der Waals surface area contributed by atoms with Crippen LogP contribution in [-0.2, 0) is 5.54 Å². The minimum Gasteiger partial charge on any atom is -0.377 e. The maximum atomic E-state index is 13.2. The number of rotatable bonds is 4. The number of nitrogens with zero attached hydrogens (tertiary/aromatic N) is 5. The number of nitrogens with one attached hydrogen (secondary N) is 2. The minimum absolute atomic E-state index is 0.0370. The van der Waals surface area contributed by atoms with E-state index in [4.69, 9.17) is 0 Å². The maximum absolute atomic E-state index is 13.2. The molecule has 9 nitrogen and oxygen atoms in total. The Hall–Kier alpha value is -4.19. The van der Waals surface area contributed by atoms with Gasteiger partial charge in [-0.25, -0.2) is 0 Å². The summed E-state index contributed by atoms with van der Waals surface area (Å²) in [7, 11) is 0. The van der Waals surface area contributed by atoms with Crippen molar-refractivity contribution in [2.24, 2.45) is 0 Å². The molecule has 5 rings (SSSR count). The number of pyridine rings is 1. The van der Waals surface area contributed by atoms with E-state index in [1.165, 1.54) is 0 Å². The Morgan fingerprint density at radius 2 is 2.06 bits per heavy atom. The van der Waals surface area contributed by atoms with Crippen LogP contribution in [0.3, 0.4) is 0 Å². The monoisotopic (exact) mass is 441 g/mol. The lowest BCUT2D eigenvalue weighted by Gasteiger charge is -2.40. The number of aromatic amines is 1. The van der Waals surface area contributed by atoms with Crippen molar-refractivity contribution >= 4 is 23.2 Å². The highest BCUT2D eigenvalue weighted by Gasteiger charge is 2.44. The van der Waals surface area contributed by atoms with Gasteiger partial charge in [-0.2, -0.15) is 10.4 Å². The van der Waals surface area contributed by atoms with Crippen molar-refractivity contribution in [2.75, 3.05) is 23.3 Å². The molecular formula is C24H23N7O2. The van der Waals surface area contributed by atoms with Crippen molar-refractivity contribution in [3.05, 3.63) is 70.8 Å². The number of amides is 2. The molecule has 0 aliphatic carbocycles. The topological polar surface area (TPSA) is 118 Å². The molecule has 1 saturated heterocycles. The molecule has 4 heterocycles. The number of carbonyl (C=O) groups is 2. The van der Waals surface area contributed by atoms with Gasteiger partial charge in [-0.3, -0.25) is 24.6 Å². The van der Waals surface area contributed by atoms with E-state index in [1.807, 2.05) is 19.9 Å². The zero-order valence-electron chi connectivity index (χ0n) is 18.6. The van der Waals surface area contributed by atoms with Crippen LogP contribution in [0, 0.1) is 18.3 Å². The summed E-state index contributed by atoms with van der Waals surface area (Å²) in [6.45, 7) is 6.88. The molecule has 9 heteroatoms. The summed E-state index contributed by atoms with van der Waals surface area (Å²) in [6.07, 6.45) is 5.00. The number of fused-ring (bicyclic) bond motifs is 1. The summed E-state index contributed by atoms with van der Waals surface area (Å²) in [5, 5.41) is 19.4. The summed E-state index contributed by atoms with van der Waals surface area (Å²) < 4.78 is 0. The molecule has 166 valence electrons. The summed E-state index contributed by atoms with van der Waals surface area (Å²) in [5.74, 6) is -0.153. The first kappa shape index (κ1) is 20.7. The highest BCUT2D eigenvalue weighted by molar-refractivity contribution is 6.12. The average Bonchev–Trinajstić information content (AvgIpc) is 3.28. The number of hydrogen-bond donors (Lipinski definition) is 2. The molecule has 0 unspecified atom stereocenters. The van der Waals surface area contributed by atoms with Crippen molar-refractivity contribution in [1.82, 2.24) is 20.1 Å². The molecule has 2 aliphatic heterocycles. The Morgan fingerprint density at radius 1 is 1.27 bits per heavy atom. The van der Waals surface area contributed by atoms with Crippen LogP contribution in [0.4, 0.5) is 11.4 Å². The van der Waals surface area contributed by atoms with Crippen molar-refractivity contribution in [3.63, 3.8) is 0 Å². The fraction of sp³-hybridized carbons (Fsp3) is 0.292. The van der Waals surface area contributed by atoms with Crippen LogP contribution in [0.2, 0.25) is 0 Å². The molecule has 0 bridgehead atoms. The van der Waals surface area contributed by atoms with E-state index >= 15 is 0 Å². The molecule has 0 radical (unpaired) electrons. The molecule has 3 aromatic rings. The number of likely N-dealkylation sites (tertiary alicyclic amines) is 1. The van der Waals surface area contributed by atoms with Gasteiger partial charge in [0, 0.05) is 24.8 Å². The second-order valence-electron chi connectivity index (χ2n) is 8.94. The zero-order valence-corrected chi connectivity index (χ0v) is 18.6. The number of nitriles is 1. The van der Waals surface area contributed by atoms with Crippen LogP contribution in [0.1, 0.15) is 51.4 Å². The molecule has 2 amide bonds. The van der Waals surface area contributed by atoms with Crippen molar-refractivity contribution < 1.29 is 9.59 Å². The Labute approximate surface area is 191 Å². The number of benzene rings is 1. The van der Waals surface area contributed by atoms with Gasteiger partial charge in [-0.15, -0.1) is 0 Å². The zero-order chi connectivity index (χ0) is 23.3. The molecule has 2 aromatic heterocycles. The lowest BCUT2D eigenvalue weighted by atomic mass is 9.92. The molecule has 0 atom stereocenters. The van der Waals surface area contributed by atoms with E-state index < -0.39 is 5.54 Å². The first-order valence-electron chi connectivity index (χ1n) is 10.7. The van der Waals surface area contributed by atoms with Crippen molar-refractivity contribution in [3.8, 4) is 6.07 Å². The number of aromatic nitrogens is 3. The molecule has 2 N–H and O–H groups in total. The Bertz CT molecular complexity index is 1310. The SMILES string of the molecule is Cc1n[nH]cc1C(=O)N1CC(Nc2cncc(N3C(=O)c4ccc(C#N)cc4C3(C)C)c2)C1. The Morgan fingerprint density at radius 3 is 2.76 bits per heavy atom. The summed E-state index contributed by atoms with van der Waals surface area (Å²) in [4.78, 5) is 33.6. The Balaban J connectivity index is 1.31. The summed E-state index contributed by atoms with van der Waals surface area (Å²) >= 11 is 0. The van der Waals surface area contributed by atoms with E-state index in [0.29, 0.717) is 41.2 Å². The molecular weight excluding hydrogens is 418 g/mol. The molecule has 2 aliphatic rings. The van der Waals surface area contributed by atoms with Crippen molar-refractivity contribution in [2.45, 2.75) is 32.4 Å². The minimum atomic E-state index is -0.623. The standard InChI is InChI=1S/C24H23N7O2/c1-14-20(11-27-29-14)22(32)30-12-17(13-30)28-16-7-18(10-26-9-16)31-23(33)19-5-4-15(8-25)6-21(19)24(31,2)3/h4-7,9-11,17,28H,12-13H2,1-3H3,(H,27,29). The van der Waals surface area contributed by atoms with Crippen LogP contribution in [0.5, 0.6) is 0 Å². The average molecular weight is 441 g/mol. The highest BCUT2D eigenvalue weighted by Crippen LogP contribution is 2.42. The van der Waals surface area contributed by atoms with Crippen LogP contribution < -0.4 is 10.2 Å². The van der Waals surface area contributed by atoms with Gasteiger partial charge in [0.25, 0.3) is 11.8 Å². The van der Waals surface area contributed by atoms with E-state index in [2.05, 4.69) is 26.6 Å². The second kappa shape index (κ2) is 7.45. The Kier molecular flexibility index (Phi) is 4.67. The third-order valence-corrected chi connectivity index (χ3v) is 6.38. The van der Waals surface area contributed by atoms with Gasteiger partial charge >= 0.3 is 0 Å². The van der Waals surface area contributed by atoms with Gasteiger partial charge in [-0.05, 0) is 50.6 Å². The molecule has 0 saturated carbocycles. The van der Waals surface area contributed by atoms with Gasteiger partial charge in [0.1, 0.15) is 0 Å². The number of aryl methyl sites for hydroxylation is 1. The van der Waals surface area contributed by atoms with Gasteiger partial charge < -0.3 is 10.2 Å². The number of hydrogen-bond acceptors (Lipinski definition) is 6. The van der Waals surface area contributed by atoms with Crippen LogP contribution in [0.25, 0.3) is 0 Å². The lowest BCUT2D eigenvalue weighted by Crippen LogP contribution is -2.57. The first-order chi connectivity index (χ1) is 15.8. The van der Waals surface area contributed by atoms with Gasteiger partial charge in [-0.1, -0.05) is 0 Å². The maximum Gasteiger partial charge on any atom is 0.259 e. The number of carbonyl (C=O) groups excluding carboxylic acids is 2. The fourth-order valence-corrected chi connectivity index (χ4v) is 4.59. The van der Waals surface area contributed by atoms with Crippen LogP contribution >= 0.6 is 0 Å². The van der Waals surface area contributed by atoms with E-state index in [-0.39, 0.29) is 17.9 Å². The highest BCUT2D eigenvalue weighted by atomic mass is 16.2. The second-order valence-corrected chi connectivity index (χ2v) is 8.94. The number of H-pyrrole nitrogens is 1. The van der Waals surface area contributed by atoms with Gasteiger partial charge in [0.05, 0.1) is 58.2 Å². The summed E-state index contributed by atoms with van der Waals surface area (Å²) in [5.41, 5.74) is 4.06. The van der Waals surface area contributed by atoms with Crippen molar-refractivity contribution in [1.29, 1.82) is 5.26 Å². The largest absolute Gasteiger partial charge is 0.377 e. The third-order valence-electron chi connectivity index (χ3n) is 6.38. The van der Waals surface area contributed by atoms with Gasteiger partial charge in [0.2, 0.25) is 0 Å². The third kappa shape index (κ3) is 3.31. The quantitative estimate of drug-likeness (QED) is 0.643. The van der Waals surface area contributed by atoms with Crippen LogP contribution in [-0.4, -0.2) is 51.0 Å². The molecule has 1 fully saturated rings. The number of anilines is 2. The van der Waals surface area contributed by atoms with E-state index in [0.717, 1.165) is 11.3 Å². The molecule has 1 aromatic carbocycles. The predicted molar refractivity (Wildman–Crippen MR) is 122 cm³/mol. The molecule has 33 heavy (non-hydrogen) atoms. The first-order valence-corrected chi connectivity index (χ1v) is 10.7. The van der Waals surface area contributed by atoms with Crippen LogP contribution in [0.15, 0.2) is 42.9 Å². The lowest BCUT2D eigenvalue weighted by molar-refractivity contribution is 0.0624. The van der Waals surface area contributed by atoms with Gasteiger partial charge in [0.15, 0.2) is 0 Å². The van der Waals surface area contributed by atoms with E-state index in [1.54, 1.807) is 53.5 Å². The van der Waals surface area contributed by atoms with E-state index in [9.17, 15) is 14.9 Å². The predicted octanol–water partition coefficient (Wildman–Crippen LogP) is 2.82. The normalized spacial score (nSPS) is 16.8. The smallest absolute Gasteiger partial charge is 0.259 e. The fourth-order valence-electron chi connectivity index (χ4n) is 4.59. The summed E-state index contributed by atoms with van der Waals surface area (Å²) in [6, 6.07) is 9.30.